The molecule has 0 saturated heterocycles. The van der Waals surface area contributed by atoms with Crippen molar-refractivity contribution in [1.29, 1.82) is 0 Å². The van der Waals surface area contributed by atoms with Crippen LogP contribution in [0.5, 0.6) is 0 Å². The van der Waals surface area contributed by atoms with Gasteiger partial charge in [0.05, 0.1) is 0 Å². The molecule has 0 bridgehead atoms. The van der Waals surface area contributed by atoms with E-state index in [9.17, 15) is 0 Å². The summed E-state index contributed by atoms with van der Waals surface area (Å²) in [4.78, 5) is 15.6. The van der Waals surface area contributed by atoms with Crippen LogP contribution in [-0.2, 0) is 0 Å². The molecule has 0 radical (unpaired) electrons. The summed E-state index contributed by atoms with van der Waals surface area (Å²) in [5, 5.41) is 6.88. The van der Waals surface area contributed by atoms with Crippen molar-refractivity contribution in [3.05, 3.63) is 176 Å². The van der Waals surface area contributed by atoms with Crippen LogP contribution in [0.2, 0.25) is 0 Å². The van der Waals surface area contributed by atoms with Crippen LogP contribution >= 0.6 is 11.3 Å². The lowest BCUT2D eigenvalue weighted by molar-refractivity contribution is 0.669. The molecule has 0 amide bonds. The van der Waals surface area contributed by atoms with E-state index in [1.165, 1.54) is 25.7 Å². The molecule has 11 aromatic rings. The number of hydrogen-bond donors (Lipinski definition) is 0. The SMILES string of the molecule is c1ccc(-c2ccc(-c3nc(-c4ccc5ccc(-c6cccc7oc8ccccc8c67)cc5c4)nc(-c4cccc5sc6ccccc6c45)n3)cc2)cc1. The maximum atomic E-state index is 6.23. The maximum Gasteiger partial charge on any atom is 0.164 e. The van der Waals surface area contributed by atoms with Gasteiger partial charge in [0.25, 0.3) is 0 Å². The Kier molecular flexibility index (Phi) is 7.00. The number of aromatic nitrogens is 3. The van der Waals surface area contributed by atoms with Crippen LogP contribution in [-0.4, -0.2) is 15.0 Å². The first-order valence-corrected chi connectivity index (χ1v) is 18.8. The standard InChI is InChI=1S/C49H29N3OS/c1-2-10-30(11-3-1)31-20-24-33(25-21-31)47-50-48(52-49(51-47)40-15-9-19-44-46(40)39-13-5-7-18-43(39)54-44)35-27-23-32-22-26-34(28-36(32)29-35)37-14-8-17-42-45(37)38-12-4-6-16-41(38)53-42/h1-29H. The van der Waals surface area contributed by atoms with Crippen molar-refractivity contribution in [2.45, 2.75) is 0 Å². The number of furan rings is 1. The second-order valence-corrected chi connectivity index (χ2v) is 14.7. The number of rotatable bonds is 5. The predicted molar refractivity (Wildman–Crippen MR) is 225 cm³/mol. The summed E-state index contributed by atoms with van der Waals surface area (Å²) in [6.07, 6.45) is 0. The maximum absolute atomic E-state index is 6.23. The first kappa shape index (κ1) is 30.7. The van der Waals surface area contributed by atoms with Crippen LogP contribution in [0.1, 0.15) is 0 Å². The number of hydrogen-bond acceptors (Lipinski definition) is 5. The van der Waals surface area contributed by atoms with Gasteiger partial charge in [-0.25, -0.2) is 15.0 Å². The van der Waals surface area contributed by atoms with Gasteiger partial charge in [-0.15, -0.1) is 11.3 Å². The highest BCUT2D eigenvalue weighted by Gasteiger charge is 2.18. The normalized spacial score (nSPS) is 11.7. The number of fused-ring (bicyclic) bond motifs is 7. The van der Waals surface area contributed by atoms with E-state index in [2.05, 4.69) is 152 Å². The van der Waals surface area contributed by atoms with Crippen LogP contribution in [0.25, 0.3) is 109 Å². The van der Waals surface area contributed by atoms with E-state index >= 15 is 0 Å². The molecule has 4 nitrogen and oxygen atoms in total. The molecule has 5 heteroatoms. The van der Waals surface area contributed by atoms with E-state index in [0.717, 1.165) is 66.1 Å². The van der Waals surface area contributed by atoms with Gasteiger partial charge in [-0.1, -0.05) is 140 Å². The Labute approximate surface area is 314 Å². The molecule has 54 heavy (non-hydrogen) atoms. The average Bonchev–Trinajstić information content (AvgIpc) is 3.82. The molecule has 3 aromatic heterocycles. The molecule has 0 aliphatic rings. The first-order chi connectivity index (χ1) is 26.7. The number of benzene rings is 8. The third-order valence-electron chi connectivity index (χ3n) is 10.3. The minimum absolute atomic E-state index is 0.633. The zero-order valence-corrected chi connectivity index (χ0v) is 29.7. The lowest BCUT2D eigenvalue weighted by Crippen LogP contribution is -2.00. The Morgan fingerprint density at radius 1 is 0.352 bits per heavy atom. The quantitative estimate of drug-likeness (QED) is 0.179. The van der Waals surface area contributed by atoms with Crippen molar-refractivity contribution >= 4 is 64.2 Å². The summed E-state index contributed by atoms with van der Waals surface area (Å²) in [6, 6.07) is 61.6. The highest BCUT2D eigenvalue weighted by Crippen LogP contribution is 2.41. The molecule has 0 aliphatic carbocycles. The van der Waals surface area contributed by atoms with Gasteiger partial charge < -0.3 is 4.42 Å². The van der Waals surface area contributed by atoms with E-state index in [4.69, 9.17) is 19.4 Å². The van der Waals surface area contributed by atoms with Crippen LogP contribution in [0.3, 0.4) is 0 Å². The third-order valence-corrected chi connectivity index (χ3v) is 11.5. The molecule has 0 N–H and O–H groups in total. The van der Waals surface area contributed by atoms with Crippen molar-refractivity contribution < 1.29 is 4.42 Å². The lowest BCUT2D eigenvalue weighted by atomic mass is 9.96. The fourth-order valence-electron chi connectivity index (χ4n) is 7.73. The first-order valence-electron chi connectivity index (χ1n) is 18.0. The van der Waals surface area contributed by atoms with Gasteiger partial charge in [0, 0.05) is 47.6 Å². The smallest absolute Gasteiger partial charge is 0.164 e. The van der Waals surface area contributed by atoms with Crippen LogP contribution < -0.4 is 0 Å². The van der Waals surface area contributed by atoms with Crippen molar-refractivity contribution in [3.8, 4) is 56.4 Å². The average molecular weight is 708 g/mol. The molecular weight excluding hydrogens is 679 g/mol. The lowest BCUT2D eigenvalue weighted by Gasteiger charge is -2.11. The minimum atomic E-state index is 0.633. The van der Waals surface area contributed by atoms with Gasteiger partial charge >= 0.3 is 0 Å². The monoisotopic (exact) mass is 707 g/mol. The van der Waals surface area contributed by atoms with Gasteiger partial charge in [0.15, 0.2) is 17.5 Å². The summed E-state index contributed by atoms with van der Waals surface area (Å²) in [6.45, 7) is 0. The third kappa shape index (κ3) is 5.09. The molecule has 0 atom stereocenters. The summed E-state index contributed by atoms with van der Waals surface area (Å²) >= 11 is 1.80. The van der Waals surface area contributed by atoms with Crippen LogP contribution in [0.4, 0.5) is 0 Å². The molecule has 8 aromatic carbocycles. The Hall–Kier alpha value is -6.95. The number of thiophene rings is 1. The molecule has 3 heterocycles. The topological polar surface area (TPSA) is 51.8 Å². The van der Waals surface area contributed by atoms with Crippen LogP contribution in [0, 0.1) is 0 Å². The molecule has 0 fully saturated rings. The van der Waals surface area contributed by atoms with E-state index < -0.39 is 0 Å². The molecule has 0 spiro atoms. The summed E-state index contributed by atoms with van der Waals surface area (Å²) < 4.78 is 8.68. The molecule has 0 aliphatic heterocycles. The molecule has 252 valence electrons. The minimum Gasteiger partial charge on any atom is -0.456 e. The summed E-state index contributed by atoms with van der Waals surface area (Å²) in [5.41, 5.74) is 9.23. The predicted octanol–water partition coefficient (Wildman–Crippen LogP) is 13.6. The zero-order valence-electron chi connectivity index (χ0n) is 28.9. The van der Waals surface area contributed by atoms with Gasteiger partial charge in [-0.2, -0.15) is 0 Å². The van der Waals surface area contributed by atoms with E-state index in [1.54, 1.807) is 11.3 Å². The van der Waals surface area contributed by atoms with Gasteiger partial charge in [0.1, 0.15) is 11.2 Å². The van der Waals surface area contributed by atoms with E-state index in [-0.39, 0.29) is 0 Å². The van der Waals surface area contributed by atoms with E-state index in [0.29, 0.717) is 17.5 Å². The molecule has 11 rings (SSSR count). The summed E-state index contributed by atoms with van der Waals surface area (Å²) in [5.74, 6) is 1.93. The fraction of sp³-hybridized carbons (Fsp3) is 0. The second-order valence-electron chi connectivity index (χ2n) is 13.6. The summed E-state index contributed by atoms with van der Waals surface area (Å²) in [7, 11) is 0. The molecule has 0 unspecified atom stereocenters. The van der Waals surface area contributed by atoms with Gasteiger partial charge in [0.2, 0.25) is 0 Å². The molecule has 0 saturated carbocycles. The second kappa shape index (κ2) is 12.3. The molecular formula is C49H29N3OS. The Morgan fingerprint density at radius 2 is 0.944 bits per heavy atom. The number of nitrogens with zero attached hydrogens (tertiary/aromatic N) is 3. The van der Waals surface area contributed by atoms with Crippen LogP contribution in [0.15, 0.2) is 180 Å². The zero-order chi connectivity index (χ0) is 35.6. The van der Waals surface area contributed by atoms with Crippen molar-refractivity contribution in [2.24, 2.45) is 0 Å². The van der Waals surface area contributed by atoms with Gasteiger partial charge in [-0.3, -0.25) is 0 Å². The van der Waals surface area contributed by atoms with Crippen molar-refractivity contribution in [2.75, 3.05) is 0 Å². The van der Waals surface area contributed by atoms with Gasteiger partial charge in [-0.05, 0) is 69.4 Å². The van der Waals surface area contributed by atoms with Crippen molar-refractivity contribution in [3.63, 3.8) is 0 Å². The Morgan fingerprint density at radius 3 is 1.81 bits per heavy atom. The Bertz CT molecular complexity index is 3220. The van der Waals surface area contributed by atoms with E-state index in [1.807, 2.05) is 24.3 Å². The largest absolute Gasteiger partial charge is 0.456 e. The highest BCUT2D eigenvalue weighted by molar-refractivity contribution is 7.25. The fourth-order valence-corrected chi connectivity index (χ4v) is 8.86. The number of para-hydroxylation sites is 1. The Balaban J connectivity index is 1.09. The van der Waals surface area contributed by atoms with Crippen molar-refractivity contribution in [1.82, 2.24) is 15.0 Å². The highest BCUT2D eigenvalue weighted by atomic mass is 32.1.